The molecule has 1 rings (SSSR count). The minimum atomic E-state index is -0.819. The lowest BCUT2D eigenvalue weighted by Crippen LogP contribution is -2.20. The van der Waals surface area contributed by atoms with Crippen molar-refractivity contribution in [3.63, 3.8) is 0 Å². The molecule has 0 aromatic heterocycles. The van der Waals surface area contributed by atoms with Crippen molar-refractivity contribution in [2.24, 2.45) is 5.92 Å². The number of nitriles is 1. The van der Waals surface area contributed by atoms with Gasteiger partial charge < -0.3 is 14.0 Å². The highest BCUT2D eigenvalue weighted by atomic mass is 31.0. The molecular formula is C7H10NO4P. The molecule has 0 spiro atoms. The Morgan fingerprint density at radius 1 is 1.69 bits per heavy atom. The van der Waals surface area contributed by atoms with E-state index in [-0.39, 0.29) is 6.42 Å². The van der Waals surface area contributed by atoms with Gasteiger partial charge in [0.05, 0.1) is 28.7 Å². The Kier molecular flexibility index (Phi) is 4.10. The molecular weight excluding hydrogens is 193 g/mol. The minimum absolute atomic E-state index is 0.226. The second kappa shape index (κ2) is 5.13. The highest BCUT2D eigenvalue weighted by Crippen LogP contribution is 2.16. The van der Waals surface area contributed by atoms with Crippen LogP contribution >= 0.6 is 9.47 Å². The summed E-state index contributed by atoms with van der Waals surface area (Å²) in [6.45, 7) is 1.03. The van der Waals surface area contributed by atoms with Gasteiger partial charge in [0, 0.05) is 6.42 Å². The predicted octanol–water partition coefficient (Wildman–Crippen LogP) is 0.222. The van der Waals surface area contributed by atoms with Crippen molar-refractivity contribution in [2.75, 3.05) is 13.2 Å². The zero-order chi connectivity index (χ0) is 9.68. The molecule has 1 aliphatic heterocycles. The van der Waals surface area contributed by atoms with E-state index in [0.29, 0.717) is 13.2 Å². The lowest BCUT2D eigenvalue weighted by atomic mass is 10.1. The molecule has 1 heterocycles. The molecule has 6 heteroatoms. The van der Waals surface area contributed by atoms with Gasteiger partial charge in [-0.2, -0.15) is 5.26 Å². The van der Waals surface area contributed by atoms with Crippen LogP contribution in [0.4, 0.5) is 0 Å². The van der Waals surface area contributed by atoms with Crippen LogP contribution in [0.15, 0.2) is 0 Å². The third-order valence-electron chi connectivity index (χ3n) is 1.68. The van der Waals surface area contributed by atoms with E-state index in [1.165, 1.54) is 0 Å². The SMILES string of the molecule is N#CC(CC1OCCO1)C(=O)OP. The standard InChI is InChI=1S/C7H10NO4P/c8-4-5(7(9)12-13)3-6-10-1-2-11-6/h5-6H,1-3,13H2. The number of rotatable bonds is 3. The summed E-state index contributed by atoms with van der Waals surface area (Å²) in [5, 5.41) is 8.62. The number of hydrogen-bond donors (Lipinski definition) is 0. The summed E-state index contributed by atoms with van der Waals surface area (Å²) in [5.41, 5.74) is 0. The second-order valence-electron chi connectivity index (χ2n) is 2.53. The number of nitrogens with zero attached hydrogens (tertiary/aromatic N) is 1. The van der Waals surface area contributed by atoms with E-state index >= 15 is 0 Å². The summed E-state index contributed by atoms with van der Waals surface area (Å²) >= 11 is 0. The largest absolute Gasteiger partial charge is 0.451 e. The predicted molar refractivity (Wildman–Crippen MR) is 45.2 cm³/mol. The van der Waals surface area contributed by atoms with E-state index in [1.54, 1.807) is 0 Å². The fourth-order valence-corrected chi connectivity index (χ4v) is 1.18. The molecule has 1 fully saturated rings. The number of ether oxygens (including phenoxy) is 2. The van der Waals surface area contributed by atoms with Crippen LogP contribution in [-0.2, 0) is 18.8 Å². The van der Waals surface area contributed by atoms with E-state index in [1.807, 2.05) is 15.5 Å². The third-order valence-corrected chi connectivity index (χ3v) is 1.91. The van der Waals surface area contributed by atoms with Crippen molar-refractivity contribution in [3.05, 3.63) is 0 Å². The van der Waals surface area contributed by atoms with Crippen LogP contribution in [-0.4, -0.2) is 25.5 Å². The normalized spacial score (nSPS) is 19.4. The molecule has 2 unspecified atom stereocenters. The van der Waals surface area contributed by atoms with Crippen molar-refractivity contribution >= 4 is 15.4 Å². The summed E-state index contributed by atoms with van der Waals surface area (Å²) in [6.07, 6.45) is -0.224. The maximum atomic E-state index is 11.0. The zero-order valence-corrected chi connectivity index (χ0v) is 8.09. The van der Waals surface area contributed by atoms with Gasteiger partial charge in [-0.15, -0.1) is 0 Å². The smallest absolute Gasteiger partial charge is 0.325 e. The van der Waals surface area contributed by atoms with Crippen LogP contribution < -0.4 is 0 Å². The van der Waals surface area contributed by atoms with E-state index < -0.39 is 18.2 Å². The monoisotopic (exact) mass is 203 g/mol. The van der Waals surface area contributed by atoms with Crippen molar-refractivity contribution < 1.29 is 18.8 Å². The number of hydrogen-bond acceptors (Lipinski definition) is 5. The Bertz CT molecular complexity index is 221. The Balaban J connectivity index is 2.39. The number of carbonyl (C=O) groups is 1. The van der Waals surface area contributed by atoms with E-state index in [0.717, 1.165) is 0 Å². The molecule has 1 aliphatic rings. The van der Waals surface area contributed by atoms with Crippen molar-refractivity contribution in [1.82, 2.24) is 0 Å². The first-order chi connectivity index (χ1) is 6.27. The summed E-state index contributed by atoms with van der Waals surface area (Å²) in [6, 6.07) is 1.83. The van der Waals surface area contributed by atoms with Gasteiger partial charge in [-0.25, -0.2) is 0 Å². The molecule has 5 nitrogen and oxygen atoms in total. The quantitative estimate of drug-likeness (QED) is 0.614. The van der Waals surface area contributed by atoms with Gasteiger partial charge in [0.15, 0.2) is 6.29 Å². The summed E-state index contributed by atoms with van der Waals surface area (Å²) in [5.74, 6) is -1.40. The molecule has 0 N–H and O–H groups in total. The third kappa shape index (κ3) is 2.92. The fourth-order valence-electron chi connectivity index (χ4n) is 1.02. The van der Waals surface area contributed by atoms with Crippen LogP contribution in [0.1, 0.15) is 6.42 Å². The van der Waals surface area contributed by atoms with Gasteiger partial charge in [0.1, 0.15) is 5.92 Å². The molecule has 0 bridgehead atoms. The molecule has 13 heavy (non-hydrogen) atoms. The maximum absolute atomic E-state index is 11.0. The Labute approximate surface area is 78.2 Å². The zero-order valence-electron chi connectivity index (χ0n) is 6.93. The first-order valence-electron chi connectivity index (χ1n) is 3.81. The number of carbonyl (C=O) groups excluding carboxylic acids is 1. The van der Waals surface area contributed by atoms with Gasteiger partial charge >= 0.3 is 5.97 Å². The van der Waals surface area contributed by atoms with Gasteiger partial charge in [0.2, 0.25) is 0 Å². The van der Waals surface area contributed by atoms with Gasteiger partial charge in [0.25, 0.3) is 0 Å². The molecule has 1 saturated heterocycles. The molecule has 0 aromatic rings. The molecule has 72 valence electrons. The summed E-state index contributed by atoms with van der Waals surface area (Å²) < 4.78 is 14.5. The van der Waals surface area contributed by atoms with Crippen LogP contribution in [0.5, 0.6) is 0 Å². The second-order valence-corrected chi connectivity index (χ2v) is 2.76. The van der Waals surface area contributed by atoms with E-state index in [2.05, 4.69) is 4.52 Å². The van der Waals surface area contributed by atoms with Crippen LogP contribution in [0.3, 0.4) is 0 Å². The average Bonchev–Trinajstić information content (AvgIpc) is 2.65. The van der Waals surface area contributed by atoms with Crippen LogP contribution in [0.2, 0.25) is 0 Å². The topological polar surface area (TPSA) is 68.5 Å². The van der Waals surface area contributed by atoms with E-state index in [4.69, 9.17) is 14.7 Å². The highest BCUT2D eigenvalue weighted by Gasteiger charge is 2.26. The van der Waals surface area contributed by atoms with Gasteiger partial charge in [-0.3, -0.25) is 4.79 Å². The van der Waals surface area contributed by atoms with Crippen LogP contribution in [0.25, 0.3) is 0 Å². The maximum Gasteiger partial charge on any atom is 0.325 e. The minimum Gasteiger partial charge on any atom is -0.451 e. The average molecular weight is 203 g/mol. The van der Waals surface area contributed by atoms with Crippen molar-refractivity contribution in [3.8, 4) is 6.07 Å². The molecule has 0 aliphatic carbocycles. The lowest BCUT2D eigenvalue weighted by Gasteiger charge is -2.11. The Morgan fingerprint density at radius 3 is 2.77 bits per heavy atom. The molecule has 0 radical (unpaired) electrons. The first kappa shape index (κ1) is 10.4. The summed E-state index contributed by atoms with van der Waals surface area (Å²) in [4.78, 5) is 11.0. The van der Waals surface area contributed by atoms with Crippen LogP contribution in [0, 0.1) is 17.2 Å². The van der Waals surface area contributed by atoms with Crippen molar-refractivity contribution in [2.45, 2.75) is 12.7 Å². The fraction of sp³-hybridized carbons (Fsp3) is 0.714. The Hall–Kier alpha value is -0.690. The van der Waals surface area contributed by atoms with Gasteiger partial charge in [-0.1, -0.05) is 0 Å². The van der Waals surface area contributed by atoms with E-state index in [9.17, 15) is 4.79 Å². The molecule has 2 atom stereocenters. The molecule has 0 aromatic carbocycles. The Morgan fingerprint density at radius 2 is 2.31 bits per heavy atom. The molecule has 0 amide bonds. The molecule has 0 saturated carbocycles. The van der Waals surface area contributed by atoms with Gasteiger partial charge in [-0.05, 0) is 0 Å². The van der Waals surface area contributed by atoms with Crippen molar-refractivity contribution in [1.29, 1.82) is 5.26 Å². The first-order valence-corrected chi connectivity index (χ1v) is 4.28. The lowest BCUT2D eigenvalue weighted by molar-refractivity contribution is -0.139. The summed E-state index contributed by atoms with van der Waals surface area (Å²) in [7, 11) is 1.82. The highest BCUT2D eigenvalue weighted by molar-refractivity contribution is 7.10.